The first-order chi connectivity index (χ1) is 17.7. The molecular weight excluding hydrogens is 491 g/mol. The van der Waals surface area contributed by atoms with E-state index in [-0.39, 0.29) is 31.3 Å². The molecule has 198 valence electrons. The number of aliphatic hydroxyl groups excluding tert-OH is 1. The van der Waals surface area contributed by atoms with Gasteiger partial charge in [-0.05, 0) is 79.7 Å². The predicted octanol–water partition coefficient (Wildman–Crippen LogP) is 2.90. The van der Waals surface area contributed by atoms with Gasteiger partial charge >= 0.3 is 0 Å². The molecule has 0 aliphatic heterocycles. The van der Waals surface area contributed by atoms with Gasteiger partial charge in [0.25, 0.3) is 11.8 Å². The predicted molar refractivity (Wildman–Crippen MR) is 142 cm³/mol. The Balaban J connectivity index is 0.00000507. The smallest absolute Gasteiger partial charge is 0.268 e. The molecule has 0 spiro atoms. The third-order valence-electron chi connectivity index (χ3n) is 5.13. The Morgan fingerprint density at radius 2 is 1.39 bits per heavy atom. The number of aliphatic hydroxyl groups is 1. The van der Waals surface area contributed by atoms with Crippen molar-refractivity contribution in [3.8, 4) is 11.8 Å². The highest BCUT2D eigenvalue weighted by Crippen LogP contribution is 2.11. The summed E-state index contributed by atoms with van der Waals surface area (Å²) in [5, 5.41) is 26.4. The van der Waals surface area contributed by atoms with Gasteiger partial charge in [0.1, 0.15) is 11.9 Å². The van der Waals surface area contributed by atoms with E-state index in [1.807, 2.05) is 0 Å². The number of anilines is 2. The molecule has 3 amide bonds. The Morgan fingerprint density at radius 3 is 1.92 bits per heavy atom. The zero-order chi connectivity index (χ0) is 26.8. The van der Waals surface area contributed by atoms with E-state index in [1.54, 1.807) is 48.5 Å². The van der Waals surface area contributed by atoms with Crippen LogP contribution in [0.25, 0.3) is 0 Å². The Kier molecular flexibility index (Phi) is 11.0. The number of rotatable bonds is 8. The molecule has 2 atom stereocenters. The summed E-state index contributed by atoms with van der Waals surface area (Å²) in [6.45, 7) is 1.34. The van der Waals surface area contributed by atoms with Crippen molar-refractivity contribution in [2.75, 3.05) is 17.2 Å². The quantitative estimate of drug-likeness (QED) is 0.153. The second kappa shape index (κ2) is 14.1. The molecule has 0 bridgehead atoms. The van der Waals surface area contributed by atoms with E-state index in [1.165, 1.54) is 36.7 Å². The van der Waals surface area contributed by atoms with Gasteiger partial charge in [0.2, 0.25) is 5.91 Å². The molecule has 0 saturated heterocycles. The van der Waals surface area contributed by atoms with Crippen LogP contribution >= 0.6 is 0 Å². The summed E-state index contributed by atoms with van der Waals surface area (Å²) in [5.41, 5.74) is 4.23. The summed E-state index contributed by atoms with van der Waals surface area (Å²) in [6.07, 6.45) is -1.21. The lowest BCUT2D eigenvalue weighted by molar-refractivity contribution is -0.133. The molecule has 3 aromatic rings. The van der Waals surface area contributed by atoms with Crippen LogP contribution in [-0.2, 0) is 9.59 Å². The lowest BCUT2D eigenvalue weighted by atomic mass is 10.1. The highest BCUT2D eigenvalue weighted by molar-refractivity contribution is 5.97. The van der Waals surface area contributed by atoms with Gasteiger partial charge in [-0.25, -0.2) is 9.87 Å². The van der Waals surface area contributed by atoms with Crippen molar-refractivity contribution >= 4 is 29.1 Å². The second-order valence-corrected chi connectivity index (χ2v) is 7.98. The van der Waals surface area contributed by atoms with E-state index in [9.17, 15) is 23.9 Å². The van der Waals surface area contributed by atoms with Crippen molar-refractivity contribution in [2.24, 2.45) is 0 Å². The summed E-state index contributed by atoms with van der Waals surface area (Å²) in [6, 6.07) is 17.6. The minimum Gasteiger partial charge on any atom is -0.391 e. The molecule has 0 saturated carbocycles. The summed E-state index contributed by atoms with van der Waals surface area (Å²) < 4.78 is 12.9. The maximum atomic E-state index is 12.9. The number of hydrogen-bond donors (Lipinski definition) is 6. The molecule has 0 radical (unpaired) electrons. The fourth-order valence-electron chi connectivity index (χ4n) is 3.14. The van der Waals surface area contributed by atoms with E-state index in [0.29, 0.717) is 22.5 Å². The van der Waals surface area contributed by atoms with Crippen molar-refractivity contribution in [3.63, 3.8) is 0 Å². The zero-order valence-corrected chi connectivity index (χ0v) is 19.8. The van der Waals surface area contributed by atoms with Crippen LogP contribution in [-0.4, -0.2) is 46.7 Å². The maximum absolute atomic E-state index is 12.9. The van der Waals surface area contributed by atoms with E-state index < -0.39 is 24.0 Å². The molecule has 0 aromatic heterocycles. The van der Waals surface area contributed by atoms with Crippen molar-refractivity contribution in [1.82, 2.24) is 10.8 Å². The topological polar surface area (TPSA) is 140 Å². The summed E-state index contributed by atoms with van der Waals surface area (Å²) in [4.78, 5) is 36.0. The van der Waals surface area contributed by atoms with Crippen molar-refractivity contribution in [2.45, 2.75) is 26.5 Å². The molecule has 0 aliphatic rings. The molecule has 6 N–H and O–H groups in total. The Hall–Kier alpha value is -4.72. The number of carbonyl (C=O) groups is 3. The van der Waals surface area contributed by atoms with Gasteiger partial charge in [0.05, 0.1) is 12.6 Å². The van der Waals surface area contributed by atoms with E-state index in [4.69, 9.17) is 5.21 Å². The van der Waals surface area contributed by atoms with Crippen molar-refractivity contribution in [3.05, 3.63) is 95.3 Å². The second-order valence-electron chi connectivity index (χ2n) is 7.98. The van der Waals surface area contributed by atoms with Crippen molar-refractivity contribution < 1.29 is 29.1 Å². The van der Waals surface area contributed by atoms with E-state index >= 15 is 0 Å². The Bertz CT molecular complexity index is 1300. The number of amides is 3. The normalized spacial score (nSPS) is 11.5. The number of halogens is 1. The lowest BCUT2D eigenvalue weighted by Gasteiger charge is -2.19. The third kappa shape index (κ3) is 8.74. The van der Waals surface area contributed by atoms with Crippen LogP contribution in [0.15, 0.2) is 72.8 Å². The summed E-state index contributed by atoms with van der Waals surface area (Å²) in [7, 11) is 0. The van der Waals surface area contributed by atoms with Gasteiger partial charge < -0.3 is 21.1 Å². The number of carbonyl (C=O) groups excluding carboxylic acids is 3. The molecule has 0 heterocycles. The first-order valence-corrected chi connectivity index (χ1v) is 11.2. The number of benzene rings is 3. The number of hydroxylamine groups is 1. The van der Waals surface area contributed by atoms with Crippen LogP contribution in [0.3, 0.4) is 0 Å². The standard InChI is InChI=1S/C27H25FN4O5.CH4/c1-17(33)25(27(36)32-37)31-26(35)20-8-4-18(5-9-20)2-3-19-6-12-23(13-7-19)30-24(34)16-29-22-14-10-21(28)11-15-22;/h4-15,17,25,29,33,37H,16H2,1H3,(H,30,34)(H,31,35)(H,32,36);1H4/t17-,25+;/m1./s1. The minimum absolute atomic E-state index is 0. The number of nitrogens with one attached hydrogen (secondary N) is 4. The summed E-state index contributed by atoms with van der Waals surface area (Å²) >= 11 is 0. The molecule has 3 aromatic carbocycles. The van der Waals surface area contributed by atoms with Gasteiger partial charge in [0.15, 0.2) is 0 Å². The number of hydrogen-bond acceptors (Lipinski definition) is 6. The van der Waals surface area contributed by atoms with Crippen LogP contribution in [0.5, 0.6) is 0 Å². The average molecular weight is 521 g/mol. The first-order valence-electron chi connectivity index (χ1n) is 11.2. The van der Waals surface area contributed by atoms with Crippen LogP contribution in [0.2, 0.25) is 0 Å². The molecule has 0 unspecified atom stereocenters. The van der Waals surface area contributed by atoms with E-state index in [2.05, 4.69) is 27.8 Å². The largest absolute Gasteiger partial charge is 0.391 e. The highest BCUT2D eigenvalue weighted by Gasteiger charge is 2.25. The Labute approximate surface area is 220 Å². The van der Waals surface area contributed by atoms with Crippen LogP contribution in [0, 0.1) is 17.7 Å². The van der Waals surface area contributed by atoms with E-state index in [0.717, 1.165) is 0 Å². The molecule has 9 nitrogen and oxygen atoms in total. The lowest BCUT2D eigenvalue weighted by Crippen LogP contribution is -2.51. The van der Waals surface area contributed by atoms with Crippen molar-refractivity contribution in [1.29, 1.82) is 0 Å². The molecular formula is C28H29FN4O5. The van der Waals surface area contributed by atoms with Gasteiger partial charge in [-0.2, -0.15) is 0 Å². The van der Waals surface area contributed by atoms with Gasteiger partial charge in [-0.1, -0.05) is 19.3 Å². The summed E-state index contributed by atoms with van der Waals surface area (Å²) in [5.74, 6) is 3.82. The third-order valence-corrected chi connectivity index (χ3v) is 5.13. The Morgan fingerprint density at radius 1 is 0.868 bits per heavy atom. The fourth-order valence-corrected chi connectivity index (χ4v) is 3.14. The van der Waals surface area contributed by atoms with Gasteiger partial charge in [0, 0.05) is 28.1 Å². The SMILES string of the molecule is C.C[C@@H](O)[C@H](NC(=O)c1ccc(C#Cc2ccc(NC(=O)CNc3ccc(F)cc3)cc2)cc1)C(=O)NO. The monoisotopic (exact) mass is 520 g/mol. The highest BCUT2D eigenvalue weighted by atomic mass is 19.1. The molecule has 10 heteroatoms. The van der Waals surface area contributed by atoms with Crippen LogP contribution < -0.4 is 21.4 Å². The maximum Gasteiger partial charge on any atom is 0.268 e. The van der Waals surface area contributed by atoms with Crippen LogP contribution in [0.1, 0.15) is 35.8 Å². The molecule has 38 heavy (non-hydrogen) atoms. The molecule has 0 aliphatic carbocycles. The first kappa shape index (κ1) is 29.5. The molecule has 3 rings (SSSR count). The van der Waals surface area contributed by atoms with Gasteiger partial charge in [-0.3, -0.25) is 19.6 Å². The average Bonchev–Trinajstić information content (AvgIpc) is 2.90. The molecule has 0 fully saturated rings. The fraction of sp³-hybridized carbons (Fsp3) is 0.179. The van der Waals surface area contributed by atoms with Crippen LogP contribution in [0.4, 0.5) is 15.8 Å². The zero-order valence-electron chi connectivity index (χ0n) is 19.8. The van der Waals surface area contributed by atoms with Gasteiger partial charge in [-0.15, -0.1) is 0 Å². The minimum atomic E-state index is -1.31.